The summed E-state index contributed by atoms with van der Waals surface area (Å²) in [5, 5.41) is 17.2. The molecule has 0 atom stereocenters. The number of halogens is 4. The third-order valence-electron chi connectivity index (χ3n) is 4.20. The Morgan fingerprint density at radius 2 is 1.53 bits per heavy atom. The van der Waals surface area contributed by atoms with Gasteiger partial charge in [0.15, 0.2) is 18.1 Å². The molecule has 168 valence electrons. The largest absolute Gasteiger partial charge is 1.00 e. The molecule has 0 spiro atoms. The number of fused-ring (bicyclic) bond motifs is 4. The van der Waals surface area contributed by atoms with Gasteiger partial charge in [-0.2, -0.15) is 13.3 Å². The van der Waals surface area contributed by atoms with Gasteiger partial charge in [-0.1, -0.05) is 17.7 Å². The van der Waals surface area contributed by atoms with E-state index in [4.69, 9.17) is 31.3 Å². The number of aryl methyl sites for hydroxylation is 1. The van der Waals surface area contributed by atoms with Crippen LogP contribution in [0.15, 0.2) is 48.8 Å². The SMILES string of the molecule is Cc1cc(C(=O)O)c(Cl)c(C(=O)O)c1.Fc1c2cc(-[n+]3ccccc3)c(c1F)OCO2.[Cl-]. The van der Waals surface area contributed by atoms with Crippen molar-refractivity contribution < 1.29 is 55.0 Å². The van der Waals surface area contributed by atoms with Gasteiger partial charge in [0.05, 0.1) is 22.2 Å². The smallest absolute Gasteiger partial charge is 0.337 e. The summed E-state index contributed by atoms with van der Waals surface area (Å²) in [5.74, 6) is -4.79. The van der Waals surface area contributed by atoms with Gasteiger partial charge in [0.25, 0.3) is 5.69 Å². The first-order chi connectivity index (χ1) is 14.7. The normalized spacial score (nSPS) is 11.1. The van der Waals surface area contributed by atoms with Gasteiger partial charge in [-0.3, -0.25) is 0 Å². The number of aromatic nitrogens is 1. The summed E-state index contributed by atoms with van der Waals surface area (Å²) >= 11 is 5.61. The fraction of sp³-hybridized carbons (Fsp3) is 0.0952. The van der Waals surface area contributed by atoms with Crippen molar-refractivity contribution in [2.45, 2.75) is 6.92 Å². The van der Waals surface area contributed by atoms with Crippen LogP contribution in [-0.2, 0) is 0 Å². The Kier molecular flexibility index (Phi) is 7.96. The van der Waals surface area contributed by atoms with Crippen LogP contribution >= 0.6 is 11.6 Å². The Hall–Kier alpha value is -3.43. The lowest BCUT2D eigenvalue weighted by Gasteiger charge is -2.04. The number of aromatic carboxylic acids is 2. The van der Waals surface area contributed by atoms with Gasteiger partial charge in [-0.05, 0) is 24.6 Å². The molecule has 0 amide bonds. The number of nitrogens with zero attached hydrogens (tertiary/aromatic N) is 1. The van der Waals surface area contributed by atoms with Crippen LogP contribution in [-0.4, -0.2) is 28.9 Å². The van der Waals surface area contributed by atoms with Gasteiger partial charge < -0.3 is 32.1 Å². The second kappa shape index (κ2) is 10.3. The summed E-state index contributed by atoms with van der Waals surface area (Å²) in [6.45, 7) is 1.41. The lowest BCUT2D eigenvalue weighted by atomic mass is 10.1. The third-order valence-corrected chi connectivity index (χ3v) is 4.61. The molecule has 0 fully saturated rings. The van der Waals surface area contributed by atoms with E-state index in [1.165, 1.54) is 18.2 Å². The number of carbonyl (C=O) groups is 2. The van der Waals surface area contributed by atoms with E-state index in [1.807, 2.05) is 6.07 Å². The minimum absolute atomic E-state index is 0. The van der Waals surface area contributed by atoms with Gasteiger partial charge in [0, 0.05) is 12.1 Å². The molecule has 32 heavy (non-hydrogen) atoms. The molecule has 2 aliphatic heterocycles. The highest BCUT2D eigenvalue weighted by molar-refractivity contribution is 6.36. The average molecular weight is 486 g/mol. The Morgan fingerprint density at radius 3 is 2.06 bits per heavy atom. The molecule has 2 aliphatic rings. The number of pyridine rings is 1. The van der Waals surface area contributed by atoms with E-state index in [9.17, 15) is 18.4 Å². The van der Waals surface area contributed by atoms with Gasteiger partial charge in [-0.25, -0.2) is 9.59 Å². The van der Waals surface area contributed by atoms with Gasteiger partial charge in [0.2, 0.25) is 24.2 Å². The van der Waals surface area contributed by atoms with Crippen LogP contribution < -0.4 is 26.4 Å². The molecule has 0 saturated carbocycles. The molecule has 11 heteroatoms. The first-order valence-corrected chi connectivity index (χ1v) is 9.09. The third kappa shape index (κ3) is 5.06. The van der Waals surface area contributed by atoms with E-state index in [0.29, 0.717) is 11.3 Å². The molecule has 0 radical (unpaired) electrons. The number of carboxylic acids is 2. The number of carboxylic acid groups (broad SMARTS) is 2. The van der Waals surface area contributed by atoms with Crippen molar-refractivity contribution in [2.24, 2.45) is 0 Å². The summed E-state index contributed by atoms with van der Waals surface area (Å²) in [6.07, 6.45) is 3.43. The van der Waals surface area contributed by atoms with Crippen molar-refractivity contribution in [1.29, 1.82) is 0 Å². The second-order valence-electron chi connectivity index (χ2n) is 6.32. The van der Waals surface area contributed by atoms with Crippen LogP contribution in [0.5, 0.6) is 11.5 Å². The first-order valence-electron chi connectivity index (χ1n) is 8.71. The van der Waals surface area contributed by atoms with E-state index in [0.717, 1.165) is 0 Å². The van der Waals surface area contributed by atoms with E-state index < -0.39 is 23.6 Å². The maximum atomic E-state index is 13.7. The number of ether oxygens (including phenoxy) is 2. The van der Waals surface area contributed by atoms with Crippen molar-refractivity contribution in [3.05, 3.63) is 82.1 Å². The van der Waals surface area contributed by atoms with Crippen molar-refractivity contribution in [3.8, 4) is 17.2 Å². The Labute approximate surface area is 191 Å². The minimum Gasteiger partial charge on any atom is -1.00 e. The minimum atomic E-state index is -1.23. The number of benzene rings is 2. The molecule has 0 aliphatic carbocycles. The van der Waals surface area contributed by atoms with E-state index in [1.54, 1.807) is 36.0 Å². The van der Waals surface area contributed by atoms with Crippen LogP contribution in [0.3, 0.4) is 0 Å². The lowest BCUT2D eigenvalue weighted by molar-refractivity contribution is -0.596. The number of hydrogen-bond donors (Lipinski definition) is 2. The topological polar surface area (TPSA) is 96.9 Å². The molecule has 0 unspecified atom stereocenters. The maximum Gasteiger partial charge on any atom is 0.337 e. The summed E-state index contributed by atoms with van der Waals surface area (Å²) in [4.78, 5) is 21.3. The highest BCUT2D eigenvalue weighted by atomic mass is 35.5. The molecule has 5 rings (SSSR count). The molecule has 1 aromatic heterocycles. The summed E-state index contributed by atoms with van der Waals surface area (Å²) in [5.41, 5.74) is 0.578. The lowest BCUT2D eigenvalue weighted by Crippen LogP contribution is -3.00. The molecule has 2 aromatic carbocycles. The zero-order chi connectivity index (χ0) is 22.7. The molecular weight excluding hydrogens is 471 g/mol. The Bertz CT molecular complexity index is 1140. The van der Waals surface area contributed by atoms with Crippen LogP contribution in [0.2, 0.25) is 5.02 Å². The quantitative estimate of drug-likeness (QED) is 0.537. The zero-order valence-electron chi connectivity index (χ0n) is 16.3. The van der Waals surface area contributed by atoms with Crippen molar-refractivity contribution in [2.75, 3.05) is 6.79 Å². The number of rotatable bonds is 3. The zero-order valence-corrected chi connectivity index (χ0v) is 17.8. The summed E-state index contributed by atoms with van der Waals surface area (Å²) in [7, 11) is 0. The van der Waals surface area contributed by atoms with E-state index in [-0.39, 0.29) is 46.8 Å². The second-order valence-corrected chi connectivity index (χ2v) is 6.70. The first kappa shape index (κ1) is 24.8. The Morgan fingerprint density at radius 1 is 0.969 bits per heavy atom. The molecule has 2 N–H and O–H groups in total. The Balaban J connectivity index is 0.000000225. The summed E-state index contributed by atoms with van der Waals surface area (Å²) < 4.78 is 38.7. The predicted octanol–water partition coefficient (Wildman–Crippen LogP) is 1.02. The predicted molar refractivity (Wildman–Crippen MR) is 104 cm³/mol. The number of hydrogen-bond acceptors (Lipinski definition) is 4. The van der Waals surface area contributed by atoms with Gasteiger partial charge >= 0.3 is 11.9 Å². The molecule has 7 nitrogen and oxygen atoms in total. The van der Waals surface area contributed by atoms with E-state index >= 15 is 0 Å². The highest BCUT2D eigenvalue weighted by Gasteiger charge is 2.29. The monoisotopic (exact) mass is 485 g/mol. The maximum absolute atomic E-state index is 13.7. The molecule has 3 heterocycles. The van der Waals surface area contributed by atoms with E-state index in [2.05, 4.69) is 0 Å². The molecule has 3 aromatic rings. The average Bonchev–Trinajstić information content (AvgIpc) is 3.04. The fourth-order valence-electron chi connectivity index (χ4n) is 2.80. The molecule has 0 saturated heterocycles. The van der Waals surface area contributed by atoms with Crippen LogP contribution in [0.4, 0.5) is 8.78 Å². The highest BCUT2D eigenvalue weighted by Crippen LogP contribution is 2.34. The van der Waals surface area contributed by atoms with Crippen LogP contribution in [0.1, 0.15) is 26.3 Å². The van der Waals surface area contributed by atoms with Gasteiger partial charge in [0.1, 0.15) is 0 Å². The van der Waals surface area contributed by atoms with Crippen LogP contribution in [0, 0.1) is 18.6 Å². The van der Waals surface area contributed by atoms with Gasteiger partial charge in [-0.15, -0.1) is 0 Å². The van der Waals surface area contributed by atoms with Crippen molar-refractivity contribution in [1.82, 2.24) is 0 Å². The summed E-state index contributed by atoms with van der Waals surface area (Å²) in [6, 6.07) is 9.47. The standard InChI is InChI=1S/C12H8F2NO2.C9H7ClO4.ClH/c13-10-9-6-8(15-4-2-1-3-5-15)12(11(10)14)17-7-16-9;1-4-2-5(8(11)12)7(10)6(3-4)9(13)14;/h1-6H,7H2;2-3H,1H3,(H,11,12)(H,13,14);1H/q+1;;/p-1. The van der Waals surface area contributed by atoms with Crippen molar-refractivity contribution >= 4 is 23.5 Å². The van der Waals surface area contributed by atoms with Crippen molar-refractivity contribution in [3.63, 3.8) is 0 Å². The van der Waals surface area contributed by atoms with Crippen LogP contribution in [0.25, 0.3) is 5.69 Å². The molecule has 2 bridgehead atoms. The molecular formula is C21H15Cl2F2NO6. The fourth-order valence-corrected chi connectivity index (χ4v) is 3.07.